The highest BCUT2D eigenvalue weighted by Crippen LogP contribution is 2.79. The lowest BCUT2D eigenvalue weighted by atomic mass is 9.30. The van der Waals surface area contributed by atoms with Crippen molar-refractivity contribution >= 4 is 5.78 Å². The van der Waals surface area contributed by atoms with Gasteiger partial charge in [0.15, 0.2) is 0 Å². The number of carbonyl (C=O) groups is 1. The molecule has 11 atom stereocenters. The number of Topliss-reactive ketones (excluding diaryl/α,β-unsaturated/α-hetero) is 1. The minimum atomic E-state index is -0.719. The fraction of sp³-hybridized carbons (Fsp3) is 0.967. The van der Waals surface area contributed by atoms with Crippen molar-refractivity contribution in [2.24, 2.45) is 50.2 Å². The van der Waals surface area contributed by atoms with E-state index in [9.17, 15) is 20.1 Å². The Balaban J connectivity index is 1.46. The topological polar surface area (TPSA) is 87.0 Å². The number of fused-ring (bicyclic) bond motifs is 4. The van der Waals surface area contributed by atoms with Gasteiger partial charge in [0, 0.05) is 23.2 Å². The van der Waals surface area contributed by atoms with Crippen LogP contribution in [0.5, 0.6) is 0 Å². The molecule has 2 bridgehead atoms. The second-order valence-corrected chi connectivity index (χ2v) is 15.6. The van der Waals surface area contributed by atoms with Crippen molar-refractivity contribution in [1.29, 1.82) is 0 Å². The van der Waals surface area contributed by atoms with Crippen molar-refractivity contribution in [3.8, 4) is 0 Å². The van der Waals surface area contributed by atoms with E-state index in [1.807, 2.05) is 0 Å². The molecule has 0 amide bonds. The summed E-state index contributed by atoms with van der Waals surface area (Å²) in [6, 6.07) is 0. The summed E-state index contributed by atoms with van der Waals surface area (Å²) in [6.07, 6.45) is 6.76. The van der Waals surface area contributed by atoms with E-state index in [2.05, 4.69) is 41.5 Å². The molecule has 6 rings (SSSR count). The van der Waals surface area contributed by atoms with Crippen LogP contribution in [0.4, 0.5) is 0 Å². The zero-order chi connectivity index (χ0) is 25.4. The van der Waals surface area contributed by atoms with Gasteiger partial charge in [-0.3, -0.25) is 4.79 Å². The molecule has 5 nitrogen and oxygen atoms in total. The summed E-state index contributed by atoms with van der Waals surface area (Å²) in [5.74, 6) is 1.03. The molecule has 5 saturated carbocycles. The maximum atomic E-state index is 14.2. The Labute approximate surface area is 211 Å². The van der Waals surface area contributed by atoms with Crippen LogP contribution in [0.25, 0.3) is 0 Å². The first-order valence-electron chi connectivity index (χ1n) is 14.3. The minimum absolute atomic E-state index is 0.00332. The zero-order valence-corrected chi connectivity index (χ0v) is 22.8. The summed E-state index contributed by atoms with van der Waals surface area (Å²) in [5.41, 5.74) is -1.87. The Bertz CT molecular complexity index is 947. The smallest absolute Gasteiger partial charge is 0.145 e. The summed E-state index contributed by atoms with van der Waals surface area (Å²) in [5, 5.41) is 32.8. The first kappa shape index (κ1) is 24.8. The van der Waals surface area contributed by atoms with Crippen molar-refractivity contribution in [1.82, 2.24) is 0 Å². The summed E-state index contributed by atoms with van der Waals surface area (Å²) < 4.78 is 6.94. The summed E-state index contributed by atoms with van der Waals surface area (Å²) in [7, 11) is 0. The number of hydrogen-bond acceptors (Lipinski definition) is 5. The summed E-state index contributed by atoms with van der Waals surface area (Å²) in [4.78, 5) is 14.2. The van der Waals surface area contributed by atoms with E-state index in [1.54, 1.807) is 0 Å². The zero-order valence-electron chi connectivity index (χ0n) is 22.8. The van der Waals surface area contributed by atoms with Gasteiger partial charge < -0.3 is 20.1 Å². The van der Waals surface area contributed by atoms with Crippen LogP contribution >= 0.6 is 0 Å². The van der Waals surface area contributed by atoms with Gasteiger partial charge >= 0.3 is 0 Å². The van der Waals surface area contributed by atoms with Crippen molar-refractivity contribution in [3.63, 3.8) is 0 Å². The lowest BCUT2D eigenvalue weighted by Crippen LogP contribution is -2.74. The van der Waals surface area contributed by atoms with Gasteiger partial charge in [-0.25, -0.2) is 0 Å². The first-order valence-corrected chi connectivity index (χ1v) is 14.3. The molecule has 5 heteroatoms. The Morgan fingerprint density at radius 1 is 0.857 bits per heavy atom. The molecule has 0 unspecified atom stereocenters. The fourth-order valence-electron chi connectivity index (χ4n) is 12.0. The van der Waals surface area contributed by atoms with Gasteiger partial charge in [-0.1, -0.05) is 41.5 Å². The van der Waals surface area contributed by atoms with Crippen LogP contribution in [0.3, 0.4) is 0 Å². The predicted octanol–water partition coefficient (Wildman–Crippen LogP) is 4.50. The average molecular weight is 489 g/mol. The molecule has 1 spiro atoms. The molecular weight excluding hydrogens is 440 g/mol. The summed E-state index contributed by atoms with van der Waals surface area (Å²) >= 11 is 0. The van der Waals surface area contributed by atoms with Gasteiger partial charge in [-0.15, -0.1) is 0 Å². The maximum absolute atomic E-state index is 14.2. The number of aliphatic hydroxyl groups excluding tert-OH is 3. The molecule has 198 valence electrons. The largest absolute Gasteiger partial charge is 0.396 e. The number of rotatable bonds is 1. The average Bonchev–Trinajstić information content (AvgIpc) is 3.05. The fourth-order valence-corrected chi connectivity index (χ4v) is 12.0. The Hall–Kier alpha value is -0.490. The van der Waals surface area contributed by atoms with Gasteiger partial charge in [0.2, 0.25) is 0 Å². The predicted molar refractivity (Wildman–Crippen MR) is 133 cm³/mol. The number of aliphatic hydroxyl groups is 3. The molecule has 0 aromatic heterocycles. The van der Waals surface area contributed by atoms with Gasteiger partial charge in [0.1, 0.15) is 5.78 Å². The monoisotopic (exact) mass is 488 g/mol. The third-order valence-corrected chi connectivity index (χ3v) is 14.1. The van der Waals surface area contributed by atoms with Crippen LogP contribution in [0.15, 0.2) is 0 Å². The van der Waals surface area contributed by atoms with E-state index in [0.29, 0.717) is 25.4 Å². The van der Waals surface area contributed by atoms with Crippen LogP contribution < -0.4 is 0 Å². The molecule has 5 aliphatic carbocycles. The molecule has 0 radical (unpaired) electrons. The minimum Gasteiger partial charge on any atom is -0.396 e. The molecule has 3 N–H and O–H groups in total. The second-order valence-electron chi connectivity index (χ2n) is 15.6. The van der Waals surface area contributed by atoms with Crippen LogP contribution in [0, 0.1) is 50.2 Å². The van der Waals surface area contributed by atoms with E-state index in [0.717, 1.165) is 44.9 Å². The van der Waals surface area contributed by atoms with Crippen LogP contribution in [0.2, 0.25) is 0 Å². The van der Waals surface area contributed by atoms with Gasteiger partial charge in [0.25, 0.3) is 0 Å². The van der Waals surface area contributed by atoms with E-state index in [-0.39, 0.29) is 51.5 Å². The van der Waals surface area contributed by atoms with E-state index in [1.165, 1.54) is 0 Å². The van der Waals surface area contributed by atoms with Crippen LogP contribution in [-0.2, 0) is 9.53 Å². The third kappa shape index (κ3) is 2.54. The Morgan fingerprint density at radius 2 is 1.54 bits per heavy atom. The Morgan fingerprint density at radius 3 is 2.23 bits per heavy atom. The molecule has 6 aliphatic rings. The van der Waals surface area contributed by atoms with E-state index < -0.39 is 23.0 Å². The van der Waals surface area contributed by atoms with Gasteiger partial charge in [0.05, 0.1) is 36.4 Å². The Kier molecular flexibility index (Phi) is 4.91. The quantitative estimate of drug-likeness (QED) is 0.506. The van der Waals surface area contributed by atoms with Crippen molar-refractivity contribution in [3.05, 3.63) is 0 Å². The third-order valence-electron chi connectivity index (χ3n) is 14.1. The molecule has 1 saturated heterocycles. The molecule has 0 aromatic rings. The molecule has 0 aromatic carbocycles. The van der Waals surface area contributed by atoms with E-state index >= 15 is 0 Å². The van der Waals surface area contributed by atoms with Crippen molar-refractivity contribution in [2.75, 3.05) is 13.2 Å². The van der Waals surface area contributed by atoms with Crippen molar-refractivity contribution < 1.29 is 24.9 Å². The van der Waals surface area contributed by atoms with Gasteiger partial charge in [-0.2, -0.15) is 0 Å². The highest BCUT2D eigenvalue weighted by atomic mass is 16.5. The summed E-state index contributed by atoms with van der Waals surface area (Å²) in [6.45, 7) is 14.3. The standard InChI is InChI=1S/C30H48O5/c1-24(2)13-20-29(22(33)14-24)17-35-30(20)12-8-19-25(3)10-9-21(32)26(4,16-31)18(25)7-11-27(19,5)28(30,6)15-23(29)34/h18-22,31-33H,7-17H2,1-6H3/t18-,19-,20-,21+,22+,25+,26+,27-,28+,29-,30+/m1/s1. The normalized spacial score (nSPS) is 60.8. The van der Waals surface area contributed by atoms with Crippen LogP contribution in [-0.4, -0.2) is 52.1 Å². The maximum Gasteiger partial charge on any atom is 0.145 e. The number of ether oxygens (including phenoxy) is 1. The highest BCUT2D eigenvalue weighted by molar-refractivity contribution is 5.89. The van der Waals surface area contributed by atoms with Gasteiger partial charge in [-0.05, 0) is 79.4 Å². The molecule has 6 fully saturated rings. The number of ketones is 1. The lowest BCUT2D eigenvalue weighted by molar-refractivity contribution is -0.288. The first-order chi connectivity index (χ1) is 16.2. The highest BCUT2D eigenvalue weighted by Gasteiger charge is 2.81. The molecule has 1 heterocycles. The van der Waals surface area contributed by atoms with Crippen molar-refractivity contribution in [2.45, 2.75) is 117 Å². The van der Waals surface area contributed by atoms with Crippen LogP contribution in [0.1, 0.15) is 99.3 Å². The lowest BCUT2D eigenvalue weighted by Gasteiger charge is -2.74. The molecular formula is C30H48O5. The SMILES string of the molecule is CC1(C)C[C@@H]2[C@]3(CO[C@@]24CC[C@@H]2[C@@]5(C)CC[C@H](O)[C@@](C)(CO)[C@@H]5CC[C@@]2(C)[C@]4(C)CC3=O)[C@@H](O)C1. The number of carbonyl (C=O) groups excluding carboxylic acids is 1. The molecule has 1 aliphatic heterocycles. The number of hydrogen-bond donors (Lipinski definition) is 3. The molecule has 35 heavy (non-hydrogen) atoms. The van der Waals surface area contributed by atoms with E-state index in [4.69, 9.17) is 4.74 Å². The second kappa shape index (κ2) is 6.93.